The number of aliphatic hydroxyl groups excluding tert-OH is 1. The molecular weight excluding hydrogens is 310 g/mol. The van der Waals surface area contributed by atoms with E-state index in [2.05, 4.69) is 10.1 Å². The molecule has 0 aliphatic carbocycles. The van der Waals surface area contributed by atoms with E-state index in [0.717, 1.165) is 17.3 Å². The smallest absolute Gasteiger partial charge is 0.376 e. The van der Waals surface area contributed by atoms with Crippen LogP contribution in [-0.2, 0) is 10.7 Å². The highest BCUT2D eigenvalue weighted by Gasteiger charge is 2.49. The van der Waals surface area contributed by atoms with E-state index in [9.17, 15) is 15.0 Å². The maximum Gasteiger partial charge on any atom is 0.376 e. The number of nitrogens with zero attached hydrogens (tertiary/aromatic N) is 3. The Morgan fingerprint density at radius 3 is 2.50 bits per heavy atom. The molecule has 0 spiro atoms. The van der Waals surface area contributed by atoms with E-state index in [1.165, 1.54) is 26.0 Å². The van der Waals surface area contributed by atoms with E-state index in [4.69, 9.17) is 16.3 Å². The van der Waals surface area contributed by atoms with Crippen molar-refractivity contribution in [3.8, 4) is 5.75 Å². The first kappa shape index (κ1) is 16.4. The Morgan fingerprint density at radius 2 is 2.00 bits per heavy atom. The predicted octanol–water partition coefficient (Wildman–Crippen LogP) is 1.20. The number of ether oxygens (including phenoxy) is 1. The molecule has 2 aromatic rings. The zero-order valence-electron chi connectivity index (χ0n) is 12.1. The van der Waals surface area contributed by atoms with Crippen LogP contribution in [0.1, 0.15) is 13.8 Å². The fourth-order valence-corrected chi connectivity index (χ4v) is 1.87. The van der Waals surface area contributed by atoms with Crippen molar-refractivity contribution >= 4 is 17.4 Å². The number of aromatic nitrogens is 3. The van der Waals surface area contributed by atoms with Crippen molar-refractivity contribution in [3.05, 3.63) is 41.9 Å². The van der Waals surface area contributed by atoms with Crippen molar-refractivity contribution in [1.82, 2.24) is 14.8 Å². The third-order valence-electron chi connectivity index (χ3n) is 3.11. The summed E-state index contributed by atoms with van der Waals surface area (Å²) in [7, 11) is 0. The molecule has 0 radical (unpaired) electrons. The number of rotatable bonds is 6. The van der Waals surface area contributed by atoms with Gasteiger partial charge >= 0.3 is 5.91 Å². The fraction of sp³-hybridized carbons (Fsp3) is 0.357. The molecule has 0 aliphatic rings. The summed E-state index contributed by atoms with van der Waals surface area (Å²) < 4.78 is 6.34. The topological polar surface area (TPSA) is 97.5 Å². The molecule has 8 heteroatoms. The lowest BCUT2D eigenvalue weighted by Crippen LogP contribution is -2.54. The lowest BCUT2D eigenvalue weighted by atomic mass is 9.87. The van der Waals surface area contributed by atoms with E-state index in [0.29, 0.717) is 5.02 Å². The van der Waals surface area contributed by atoms with E-state index in [-0.39, 0.29) is 5.75 Å². The predicted molar refractivity (Wildman–Crippen MR) is 78.2 cm³/mol. The van der Waals surface area contributed by atoms with Crippen molar-refractivity contribution < 1.29 is 19.7 Å². The largest absolute Gasteiger partial charge is 0.437 e. The van der Waals surface area contributed by atoms with Crippen molar-refractivity contribution in [3.63, 3.8) is 0 Å². The van der Waals surface area contributed by atoms with Crippen molar-refractivity contribution in [2.45, 2.75) is 19.8 Å². The normalized spacial score (nSPS) is 14.4. The van der Waals surface area contributed by atoms with E-state index >= 15 is 0 Å². The van der Waals surface area contributed by atoms with Crippen molar-refractivity contribution in [2.24, 2.45) is 5.41 Å². The van der Waals surface area contributed by atoms with Crippen LogP contribution in [0.25, 0.3) is 0 Å². The minimum absolute atomic E-state index is 0.212. The number of aliphatic hydroxyl groups is 2. The van der Waals surface area contributed by atoms with Crippen molar-refractivity contribution in [2.75, 3.05) is 6.61 Å². The van der Waals surface area contributed by atoms with Gasteiger partial charge in [-0.25, -0.2) is 4.98 Å². The van der Waals surface area contributed by atoms with Crippen LogP contribution >= 0.6 is 11.6 Å². The molecule has 0 saturated carbocycles. The molecular formula is C14H16ClN3O4. The lowest BCUT2D eigenvalue weighted by molar-refractivity contribution is -0.221. The molecule has 0 amide bonds. The SMILES string of the molecule is CC(C)(CO)C(=O)C(O)(Oc1ccc(Cl)cc1)n1cncn1. The second-order valence-corrected chi connectivity index (χ2v) is 5.81. The number of hydrogen-bond acceptors (Lipinski definition) is 6. The number of benzene rings is 1. The van der Waals surface area contributed by atoms with E-state index < -0.39 is 23.7 Å². The van der Waals surface area contributed by atoms with Gasteiger partial charge < -0.3 is 14.9 Å². The van der Waals surface area contributed by atoms with Crippen LogP contribution in [0.3, 0.4) is 0 Å². The summed E-state index contributed by atoms with van der Waals surface area (Å²) in [5.74, 6) is -2.98. The number of Topliss-reactive ketones (excluding diaryl/α,β-unsaturated/α-hetero) is 1. The standard InChI is InChI=1S/C14H16ClN3O4/c1-13(2,7-19)12(20)14(21,18-9-16-8-17-18)22-11-5-3-10(15)4-6-11/h3-6,8-9,19,21H,7H2,1-2H3. The quantitative estimate of drug-likeness (QED) is 0.775. The molecule has 0 bridgehead atoms. The van der Waals surface area contributed by atoms with Crippen LogP contribution in [0.5, 0.6) is 5.75 Å². The van der Waals surface area contributed by atoms with Gasteiger partial charge in [0.1, 0.15) is 18.4 Å². The monoisotopic (exact) mass is 325 g/mol. The Kier molecular flexibility index (Phi) is 4.50. The van der Waals surface area contributed by atoms with Gasteiger partial charge in [0, 0.05) is 5.02 Å². The summed E-state index contributed by atoms with van der Waals surface area (Å²) in [6.45, 7) is 2.51. The number of carbonyl (C=O) groups is 1. The van der Waals surface area contributed by atoms with Gasteiger partial charge in [-0.15, -0.1) is 0 Å². The molecule has 22 heavy (non-hydrogen) atoms. The summed E-state index contributed by atoms with van der Waals surface area (Å²) in [6.07, 6.45) is 2.32. The van der Waals surface area contributed by atoms with E-state index in [1.54, 1.807) is 12.1 Å². The first-order chi connectivity index (χ1) is 10.3. The summed E-state index contributed by atoms with van der Waals surface area (Å²) >= 11 is 5.79. The maximum atomic E-state index is 12.6. The Hall–Kier alpha value is -1.96. The van der Waals surface area contributed by atoms with Gasteiger partial charge in [0.2, 0.25) is 5.78 Å². The van der Waals surface area contributed by atoms with Gasteiger partial charge in [-0.1, -0.05) is 25.4 Å². The molecule has 0 saturated heterocycles. The third-order valence-corrected chi connectivity index (χ3v) is 3.36. The fourth-order valence-electron chi connectivity index (χ4n) is 1.74. The van der Waals surface area contributed by atoms with Gasteiger partial charge in [0.05, 0.1) is 12.0 Å². The highest BCUT2D eigenvalue weighted by Crippen LogP contribution is 2.30. The zero-order valence-corrected chi connectivity index (χ0v) is 12.9. The minimum atomic E-state index is -2.43. The van der Waals surface area contributed by atoms with Crippen molar-refractivity contribution in [1.29, 1.82) is 0 Å². The average Bonchev–Trinajstić information content (AvgIpc) is 3.03. The number of halogens is 1. The van der Waals surface area contributed by atoms with Gasteiger partial charge in [-0.3, -0.25) is 4.79 Å². The van der Waals surface area contributed by atoms with Crippen LogP contribution in [0.15, 0.2) is 36.9 Å². The lowest BCUT2D eigenvalue weighted by Gasteiger charge is -2.32. The van der Waals surface area contributed by atoms with Crippen LogP contribution < -0.4 is 4.74 Å². The minimum Gasteiger partial charge on any atom is -0.437 e. The molecule has 2 N–H and O–H groups in total. The van der Waals surface area contributed by atoms with Gasteiger partial charge in [0.25, 0.3) is 0 Å². The molecule has 118 valence electrons. The zero-order chi connectivity index (χ0) is 16.4. The Bertz CT molecular complexity index is 643. The maximum absolute atomic E-state index is 12.6. The molecule has 1 heterocycles. The summed E-state index contributed by atoms with van der Waals surface area (Å²) in [6, 6.07) is 6.12. The molecule has 1 aromatic carbocycles. The van der Waals surface area contributed by atoms with E-state index in [1.807, 2.05) is 0 Å². The number of carbonyl (C=O) groups excluding carboxylic acids is 1. The molecule has 1 aromatic heterocycles. The third kappa shape index (κ3) is 3.11. The first-order valence-corrected chi connectivity index (χ1v) is 6.85. The van der Waals surface area contributed by atoms with Crippen LogP contribution in [0, 0.1) is 5.41 Å². The Morgan fingerprint density at radius 1 is 1.36 bits per heavy atom. The molecule has 0 fully saturated rings. The highest BCUT2D eigenvalue weighted by molar-refractivity contribution is 6.30. The molecule has 1 unspecified atom stereocenters. The molecule has 7 nitrogen and oxygen atoms in total. The average molecular weight is 326 g/mol. The molecule has 2 rings (SSSR count). The summed E-state index contributed by atoms with van der Waals surface area (Å²) in [5.41, 5.74) is -1.24. The van der Waals surface area contributed by atoms with Gasteiger partial charge in [-0.2, -0.15) is 9.78 Å². The number of hydrogen-bond donors (Lipinski definition) is 2. The van der Waals surface area contributed by atoms with Gasteiger partial charge in [0.15, 0.2) is 0 Å². The number of ketones is 1. The Labute approximate surface area is 132 Å². The van der Waals surface area contributed by atoms with Crippen LogP contribution in [0.2, 0.25) is 5.02 Å². The summed E-state index contributed by atoms with van der Waals surface area (Å²) in [4.78, 5) is 16.3. The highest BCUT2D eigenvalue weighted by atomic mass is 35.5. The Balaban J connectivity index is 2.43. The molecule has 1 atom stereocenters. The molecule has 0 aliphatic heterocycles. The second-order valence-electron chi connectivity index (χ2n) is 5.38. The van der Waals surface area contributed by atoms with Crippen LogP contribution in [-0.4, -0.2) is 37.4 Å². The van der Waals surface area contributed by atoms with Gasteiger partial charge in [-0.05, 0) is 24.3 Å². The van der Waals surface area contributed by atoms with Crippen LogP contribution in [0.4, 0.5) is 0 Å². The summed E-state index contributed by atoms with van der Waals surface area (Å²) in [5, 5.41) is 24.4. The second kappa shape index (κ2) is 6.04. The first-order valence-electron chi connectivity index (χ1n) is 6.47.